The lowest BCUT2D eigenvalue weighted by atomic mass is 10.0. The SMILES string of the molecule is CCOc1ccc2ccccc2c1C(=O)Nc1ccc(Nc2cc(C)nc(N3CCCC3)n2)cc1. The molecule has 7 heteroatoms. The molecule has 0 unspecified atom stereocenters. The summed E-state index contributed by atoms with van der Waals surface area (Å²) in [5, 5.41) is 8.23. The lowest BCUT2D eigenvalue weighted by Gasteiger charge is -2.17. The van der Waals surface area contributed by atoms with Gasteiger partial charge in [0.2, 0.25) is 5.95 Å². The smallest absolute Gasteiger partial charge is 0.260 e. The van der Waals surface area contributed by atoms with Gasteiger partial charge < -0.3 is 20.3 Å². The fourth-order valence-corrected chi connectivity index (χ4v) is 4.42. The van der Waals surface area contributed by atoms with Gasteiger partial charge in [0.15, 0.2) is 0 Å². The van der Waals surface area contributed by atoms with Crippen molar-refractivity contribution in [1.29, 1.82) is 0 Å². The molecule has 0 spiro atoms. The highest BCUT2D eigenvalue weighted by molar-refractivity contribution is 6.15. The molecule has 0 radical (unpaired) electrons. The Balaban J connectivity index is 1.33. The third-order valence-corrected chi connectivity index (χ3v) is 6.06. The number of carbonyl (C=O) groups excluding carboxylic acids is 1. The molecule has 1 amide bonds. The van der Waals surface area contributed by atoms with Crippen LogP contribution in [0.4, 0.5) is 23.1 Å². The Labute approximate surface area is 205 Å². The van der Waals surface area contributed by atoms with Gasteiger partial charge >= 0.3 is 0 Å². The van der Waals surface area contributed by atoms with Gasteiger partial charge in [0.25, 0.3) is 5.91 Å². The number of benzene rings is 3. The second-order valence-electron chi connectivity index (χ2n) is 8.64. The highest BCUT2D eigenvalue weighted by Gasteiger charge is 2.18. The van der Waals surface area contributed by atoms with Crippen LogP contribution in [0.3, 0.4) is 0 Å². The molecule has 1 aromatic heterocycles. The predicted molar refractivity (Wildman–Crippen MR) is 141 cm³/mol. The Kier molecular flexibility index (Phi) is 6.48. The van der Waals surface area contributed by atoms with E-state index in [2.05, 4.69) is 20.5 Å². The third-order valence-electron chi connectivity index (χ3n) is 6.06. The van der Waals surface area contributed by atoms with Crippen LogP contribution in [0.2, 0.25) is 0 Å². The first-order valence-corrected chi connectivity index (χ1v) is 12.0. The highest BCUT2D eigenvalue weighted by atomic mass is 16.5. The quantitative estimate of drug-likeness (QED) is 0.351. The number of anilines is 4. The van der Waals surface area contributed by atoms with E-state index in [1.807, 2.05) is 80.6 Å². The van der Waals surface area contributed by atoms with Gasteiger partial charge in [-0.15, -0.1) is 0 Å². The van der Waals surface area contributed by atoms with Gasteiger partial charge in [-0.3, -0.25) is 4.79 Å². The molecule has 35 heavy (non-hydrogen) atoms. The molecule has 7 nitrogen and oxygen atoms in total. The molecule has 0 aliphatic carbocycles. The molecule has 5 rings (SSSR count). The van der Waals surface area contributed by atoms with Crippen molar-refractivity contribution in [1.82, 2.24) is 9.97 Å². The van der Waals surface area contributed by atoms with Crippen LogP contribution in [0.1, 0.15) is 35.8 Å². The summed E-state index contributed by atoms with van der Waals surface area (Å²) in [6.45, 7) is 6.38. The normalized spacial score (nSPS) is 13.1. The lowest BCUT2D eigenvalue weighted by molar-refractivity contribution is 0.102. The number of nitrogens with zero attached hydrogens (tertiary/aromatic N) is 3. The summed E-state index contributed by atoms with van der Waals surface area (Å²) in [7, 11) is 0. The number of nitrogens with one attached hydrogen (secondary N) is 2. The second-order valence-corrected chi connectivity index (χ2v) is 8.64. The van der Waals surface area contributed by atoms with Crippen molar-refractivity contribution >= 4 is 39.8 Å². The largest absolute Gasteiger partial charge is 0.493 e. The molecule has 1 fully saturated rings. The molecule has 2 heterocycles. The van der Waals surface area contributed by atoms with Gasteiger partial charge in [-0.2, -0.15) is 4.98 Å². The zero-order valence-electron chi connectivity index (χ0n) is 20.0. The molecule has 1 saturated heterocycles. The average Bonchev–Trinajstić information content (AvgIpc) is 3.40. The zero-order valence-corrected chi connectivity index (χ0v) is 20.0. The maximum absolute atomic E-state index is 13.3. The van der Waals surface area contributed by atoms with Crippen molar-refractivity contribution in [3.63, 3.8) is 0 Å². The summed E-state index contributed by atoms with van der Waals surface area (Å²) < 4.78 is 5.76. The van der Waals surface area contributed by atoms with Crippen LogP contribution < -0.4 is 20.3 Å². The Morgan fingerprint density at radius 2 is 1.71 bits per heavy atom. The molecular weight excluding hydrogens is 438 g/mol. The summed E-state index contributed by atoms with van der Waals surface area (Å²) >= 11 is 0. The highest BCUT2D eigenvalue weighted by Crippen LogP contribution is 2.29. The van der Waals surface area contributed by atoms with Gasteiger partial charge in [-0.05, 0) is 67.8 Å². The van der Waals surface area contributed by atoms with E-state index in [1.54, 1.807) is 0 Å². The van der Waals surface area contributed by atoms with E-state index in [0.717, 1.165) is 47.0 Å². The molecule has 0 atom stereocenters. The van der Waals surface area contributed by atoms with Crippen molar-refractivity contribution in [2.75, 3.05) is 35.2 Å². The fraction of sp³-hybridized carbons (Fsp3) is 0.250. The number of aryl methyl sites for hydroxylation is 1. The van der Waals surface area contributed by atoms with Gasteiger partial charge in [-0.25, -0.2) is 4.98 Å². The molecule has 0 saturated carbocycles. The van der Waals surface area contributed by atoms with Crippen molar-refractivity contribution < 1.29 is 9.53 Å². The molecule has 178 valence electrons. The van der Waals surface area contributed by atoms with Crippen LogP contribution in [-0.4, -0.2) is 35.6 Å². The number of fused-ring (bicyclic) bond motifs is 1. The second kappa shape index (κ2) is 10.0. The molecular formula is C28H29N5O2. The van der Waals surface area contributed by atoms with Crippen LogP contribution in [0.25, 0.3) is 10.8 Å². The average molecular weight is 468 g/mol. The van der Waals surface area contributed by atoms with Crippen LogP contribution in [-0.2, 0) is 0 Å². The van der Waals surface area contributed by atoms with E-state index < -0.39 is 0 Å². The van der Waals surface area contributed by atoms with Crippen molar-refractivity contribution in [3.8, 4) is 5.75 Å². The first-order chi connectivity index (χ1) is 17.1. The van der Waals surface area contributed by atoms with Crippen molar-refractivity contribution in [2.24, 2.45) is 0 Å². The molecule has 2 N–H and O–H groups in total. The minimum absolute atomic E-state index is 0.201. The van der Waals surface area contributed by atoms with Crippen molar-refractivity contribution in [3.05, 3.63) is 78.0 Å². The number of amides is 1. The number of hydrogen-bond donors (Lipinski definition) is 2. The molecule has 1 aliphatic heterocycles. The summed E-state index contributed by atoms with van der Waals surface area (Å²) in [6.07, 6.45) is 2.36. The molecule has 1 aliphatic rings. The zero-order chi connectivity index (χ0) is 24.2. The minimum Gasteiger partial charge on any atom is -0.493 e. The summed E-state index contributed by atoms with van der Waals surface area (Å²) in [5.41, 5.74) is 3.05. The third kappa shape index (κ3) is 5.04. The first-order valence-electron chi connectivity index (χ1n) is 12.0. The number of aromatic nitrogens is 2. The van der Waals surface area contributed by atoms with E-state index in [1.165, 1.54) is 12.8 Å². The maximum atomic E-state index is 13.3. The molecule has 0 bridgehead atoms. The summed E-state index contributed by atoms with van der Waals surface area (Å²) in [4.78, 5) is 24.8. The van der Waals surface area contributed by atoms with Gasteiger partial charge in [0.05, 0.1) is 12.2 Å². The van der Waals surface area contributed by atoms with E-state index in [-0.39, 0.29) is 5.91 Å². The maximum Gasteiger partial charge on any atom is 0.260 e. The van der Waals surface area contributed by atoms with Crippen LogP contribution in [0, 0.1) is 6.92 Å². The van der Waals surface area contributed by atoms with E-state index in [9.17, 15) is 4.79 Å². The minimum atomic E-state index is -0.201. The van der Waals surface area contributed by atoms with Gasteiger partial charge in [-0.1, -0.05) is 30.3 Å². The van der Waals surface area contributed by atoms with Crippen LogP contribution in [0.5, 0.6) is 5.75 Å². The molecule has 3 aromatic carbocycles. The monoisotopic (exact) mass is 467 g/mol. The number of hydrogen-bond acceptors (Lipinski definition) is 6. The van der Waals surface area contributed by atoms with Crippen molar-refractivity contribution in [2.45, 2.75) is 26.7 Å². The number of rotatable bonds is 7. The van der Waals surface area contributed by atoms with Gasteiger partial charge in [0, 0.05) is 36.2 Å². The number of carbonyl (C=O) groups is 1. The number of ether oxygens (including phenoxy) is 1. The van der Waals surface area contributed by atoms with E-state index in [4.69, 9.17) is 9.72 Å². The van der Waals surface area contributed by atoms with Crippen LogP contribution in [0.15, 0.2) is 66.7 Å². The molecule has 4 aromatic rings. The Hall–Kier alpha value is -4.13. The summed E-state index contributed by atoms with van der Waals surface area (Å²) in [6, 6.07) is 21.2. The topological polar surface area (TPSA) is 79.4 Å². The first kappa shape index (κ1) is 22.7. The van der Waals surface area contributed by atoms with E-state index >= 15 is 0 Å². The lowest BCUT2D eigenvalue weighted by Crippen LogP contribution is -2.21. The Morgan fingerprint density at radius 3 is 2.49 bits per heavy atom. The standard InChI is InChI=1S/C28H29N5O2/c1-3-35-24-15-10-20-8-4-5-9-23(20)26(24)27(34)31-22-13-11-21(12-14-22)30-25-18-19(2)29-28(32-25)33-16-6-7-17-33/h4-5,8-15,18H,3,6-7,16-17H2,1-2H3,(H,31,34)(H,29,30,32). The Bertz CT molecular complexity index is 1350. The van der Waals surface area contributed by atoms with E-state index in [0.29, 0.717) is 23.6 Å². The van der Waals surface area contributed by atoms with Gasteiger partial charge in [0.1, 0.15) is 11.6 Å². The summed E-state index contributed by atoms with van der Waals surface area (Å²) in [5.74, 6) is 1.91. The fourth-order valence-electron chi connectivity index (χ4n) is 4.42. The van der Waals surface area contributed by atoms with Crippen LogP contribution >= 0.6 is 0 Å². The predicted octanol–water partition coefficient (Wildman–Crippen LogP) is 5.93. The Morgan fingerprint density at radius 1 is 0.971 bits per heavy atom.